The van der Waals surface area contributed by atoms with E-state index in [1.807, 2.05) is 17.4 Å². The predicted molar refractivity (Wildman–Crippen MR) is 63.2 cm³/mol. The van der Waals surface area contributed by atoms with Crippen molar-refractivity contribution in [2.45, 2.75) is 19.9 Å². The fourth-order valence-electron chi connectivity index (χ4n) is 1.49. The van der Waals surface area contributed by atoms with Gasteiger partial charge in [0.25, 0.3) is 0 Å². The predicted octanol–water partition coefficient (Wildman–Crippen LogP) is 2.98. The van der Waals surface area contributed by atoms with Gasteiger partial charge in [-0.15, -0.1) is 11.3 Å². The molecule has 0 aliphatic heterocycles. The van der Waals surface area contributed by atoms with E-state index in [0.29, 0.717) is 0 Å². The summed E-state index contributed by atoms with van der Waals surface area (Å²) in [5.74, 6) is 0. The molecule has 80 valence electrons. The molecule has 0 aliphatic carbocycles. The van der Waals surface area contributed by atoms with Crippen molar-refractivity contribution in [3.05, 3.63) is 46.0 Å². The van der Waals surface area contributed by atoms with Crippen LogP contribution in [0.3, 0.4) is 0 Å². The quantitative estimate of drug-likeness (QED) is 0.785. The third kappa shape index (κ3) is 2.94. The second kappa shape index (κ2) is 5.14. The van der Waals surface area contributed by atoms with Crippen LogP contribution < -0.4 is 5.32 Å². The molecule has 0 saturated carbocycles. The highest BCUT2D eigenvalue weighted by Gasteiger charge is 1.99. The Labute approximate surface area is 93.9 Å². The first-order valence-corrected chi connectivity index (χ1v) is 5.99. The lowest BCUT2D eigenvalue weighted by Gasteiger charge is -2.02. The minimum atomic E-state index is 0.890. The van der Waals surface area contributed by atoms with Crippen LogP contribution in [0.5, 0.6) is 0 Å². The Morgan fingerprint density at radius 3 is 3.00 bits per heavy atom. The minimum Gasteiger partial charge on any atom is -0.472 e. The van der Waals surface area contributed by atoms with E-state index in [9.17, 15) is 0 Å². The van der Waals surface area contributed by atoms with E-state index in [2.05, 4.69) is 23.7 Å². The zero-order valence-corrected chi connectivity index (χ0v) is 9.64. The van der Waals surface area contributed by atoms with Crippen LogP contribution in [-0.2, 0) is 13.0 Å². The largest absolute Gasteiger partial charge is 0.472 e. The average Bonchev–Trinajstić information content (AvgIpc) is 2.85. The molecule has 0 aromatic carbocycles. The number of aryl methyl sites for hydroxylation is 1. The Balaban J connectivity index is 1.70. The van der Waals surface area contributed by atoms with Crippen molar-refractivity contribution in [3.63, 3.8) is 0 Å². The highest BCUT2D eigenvalue weighted by atomic mass is 32.1. The molecule has 2 heterocycles. The van der Waals surface area contributed by atoms with E-state index in [1.165, 1.54) is 16.0 Å². The molecule has 0 unspecified atom stereocenters. The number of furan rings is 1. The van der Waals surface area contributed by atoms with Crippen molar-refractivity contribution in [2.75, 3.05) is 6.54 Å². The number of rotatable bonds is 5. The molecule has 0 saturated heterocycles. The van der Waals surface area contributed by atoms with Gasteiger partial charge in [-0.1, -0.05) is 0 Å². The first kappa shape index (κ1) is 10.5. The standard InChI is InChI=1S/C12H15NOS/c1-10-4-7-15-12(10)2-5-13-8-11-3-6-14-9-11/h3-4,6-7,9,13H,2,5,8H2,1H3. The molecule has 0 spiro atoms. The molecule has 0 radical (unpaired) electrons. The Hall–Kier alpha value is -1.06. The second-order valence-corrected chi connectivity index (χ2v) is 4.59. The zero-order valence-electron chi connectivity index (χ0n) is 8.82. The normalized spacial score (nSPS) is 10.7. The zero-order chi connectivity index (χ0) is 10.5. The van der Waals surface area contributed by atoms with Gasteiger partial charge < -0.3 is 9.73 Å². The Morgan fingerprint density at radius 1 is 1.40 bits per heavy atom. The highest BCUT2D eigenvalue weighted by Crippen LogP contribution is 2.15. The highest BCUT2D eigenvalue weighted by molar-refractivity contribution is 7.10. The number of hydrogen-bond acceptors (Lipinski definition) is 3. The first-order chi connectivity index (χ1) is 7.36. The molecule has 1 N–H and O–H groups in total. The molecule has 15 heavy (non-hydrogen) atoms. The molecule has 0 fully saturated rings. The fraction of sp³-hybridized carbons (Fsp3) is 0.333. The number of thiophene rings is 1. The van der Waals surface area contributed by atoms with Gasteiger partial charge in [0.2, 0.25) is 0 Å². The van der Waals surface area contributed by atoms with Crippen LogP contribution in [0.25, 0.3) is 0 Å². The van der Waals surface area contributed by atoms with Gasteiger partial charge in [-0.2, -0.15) is 0 Å². The van der Waals surface area contributed by atoms with Crippen LogP contribution in [0.2, 0.25) is 0 Å². The molecule has 2 rings (SSSR count). The maximum atomic E-state index is 5.00. The molecule has 0 atom stereocenters. The third-order valence-corrected chi connectivity index (χ3v) is 3.49. The lowest BCUT2D eigenvalue weighted by atomic mass is 10.2. The molecule has 2 nitrogen and oxygen atoms in total. The Bertz CT molecular complexity index is 391. The average molecular weight is 221 g/mol. The Morgan fingerprint density at radius 2 is 2.33 bits per heavy atom. The van der Waals surface area contributed by atoms with Crippen LogP contribution in [0.4, 0.5) is 0 Å². The van der Waals surface area contributed by atoms with Gasteiger partial charge in [0.05, 0.1) is 12.5 Å². The van der Waals surface area contributed by atoms with Gasteiger partial charge >= 0.3 is 0 Å². The minimum absolute atomic E-state index is 0.890. The van der Waals surface area contributed by atoms with Crippen LogP contribution in [0.15, 0.2) is 34.5 Å². The fourth-order valence-corrected chi connectivity index (χ4v) is 2.40. The van der Waals surface area contributed by atoms with Gasteiger partial charge in [-0.3, -0.25) is 0 Å². The van der Waals surface area contributed by atoms with E-state index in [0.717, 1.165) is 19.5 Å². The van der Waals surface area contributed by atoms with E-state index < -0.39 is 0 Å². The SMILES string of the molecule is Cc1ccsc1CCNCc1ccoc1. The summed E-state index contributed by atoms with van der Waals surface area (Å²) in [6.45, 7) is 4.08. The van der Waals surface area contributed by atoms with Crippen molar-refractivity contribution in [3.8, 4) is 0 Å². The molecule has 0 amide bonds. The van der Waals surface area contributed by atoms with E-state index in [4.69, 9.17) is 4.42 Å². The molecular weight excluding hydrogens is 206 g/mol. The maximum absolute atomic E-state index is 5.00. The molecule has 2 aromatic rings. The van der Waals surface area contributed by atoms with Crippen LogP contribution in [-0.4, -0.2) is 6.54 Å². The van der Waals surface area contributed by atoms with Crippen molar-refractivity contribution >= 4 is 11.3 Å². The number of nitrogens with one attached hydrogen (secondary N) is 1. The van der Waals surface area contributed by atoms with Gasteiger partial charge in [-0.25, -0.2) is 0 Å². The first-order valence-electron chi connectivity index (χ1n) is 5.11. The summed E-state index contributed by atoms with van der Waals surface area (Å²) < 4.78 is 5.00. The summed E-state index contributed by atoms with van der Waals surface area (Å²) in [5, 5.41) is 5.55. The van der Waals surface area contributed by atoms with Gasteiger partial charge in [-0.05, 0) is 36.4 Å². The van der Waals surface area contributed by atoms with E-state index in [1.54, 1.807) is 12.5 Å². The topological polar surface area (TPSA) is 25.2 Å². The van der Waals surface area contributed by atoms with Crippen molar-refractivity contribution in [2.24, 2.45) is 0 Å². The molecule has 3 heteroatoms. The summed E-state index contributed by atoms with van der Waals surface area (Å²) in [7, 11) is 0. The molecular formula is C12H15NOS. The van der Waals surface area contributed by atoms with Gasteiger partial charge in [0.1, 0.15) is 0 Å². The lowest BCUT2D eigenvalue weighted by molar-refractivity contribution is 0.560. The maximum Gasteiger partial charge on any atom is 0.0947 e. The van der Waals surface area contributed by atoms with Crippen molar-refractivity contribution in [1.29, 1.82) is 0 Å². The molecule has 2 aromatic heterocycles. The summed E-state index contributed by atoms with van der Waals surface area (Å²) in [6.07, 6.45) is 4.60. The summed E-state index contributed by atoms with van der Waals surface area (Å²) in [5.41, 5.74) is 2.61. The van der Waals surface area contributed by atoms with E-state index in [-0.39, 0.29) is 0 Å². The summed E-state index contributed by atoms with van der Waals surface area (Å²) in [6, 6.07) is 4.17. The molecule has 0 aliphatic rings. The summed E-state index contributed by atoms with van der Waals surface area (Å²) in [4.78, 5) is 1.48. The monoisotopic (exact) mass is 221 g/mol. The van der Waals surface area contributed by atoms with Gasteiger partial charge in [0, 0.05) is 23.5 Å². The third-order valence-electron chi connectivity index (χ3n) is 2.41. The van der Waals surface area contributed by atoms with Gasteiger partial charge in [0.15, 0.2) is 0 Å². The van der Waals surface area contributed by atoms with Crippen LogP contribution in [0.1, 0.15) is 16.0 Å². The van der Waals surface area contributed by atoms with Crippen LogP contribution >= 0.6 is 11.3 Å². The smallest absolute Gasteiger partial charge is 0.0947 e. The van der Waals surface area contributed by atoms with E-state index >= 15 is 0 Å². The van der Waals surface area contributed by atoms with Crippen LogP contribution in [0, 0.1) is 6.92 Å². The number of hydrogen-bond donors (Lipinski definition) is 1. The van der Waals surface area contributed by atoms with Crippen molar-refractivity contribution < 1.29 is 4.42 Å². The summed E-state index contributed by atoms with van der Waals surface area (Å²) >= 11 is 1.84. The second-order valence-electron chi connectivity index (χ2n) is 3.59. The molecule has 0 bridgehead atoms. The Kier molecular flexibility index (Phi) is 3.59. The lowest BCUT2D eigenvalue weighted by Crippen LogP contribution is -2.16. The van der Waals surface area contributed by atoms with Crippen molar-refractivity contribution in [1.82, 2.24) is 5.32 Å².